The summed E-state index contributed by atoms with van der Waals surface area (Å²) in [5.41, 5.74) is -1.27. The van der Waals surface area contributed by atoms with Gasteiger partial charge >= 0.3 is 0 Å². The lowest BCUT2D eigenvalue weighted by atomic mass is 9.91. The SMILES string of the molecule is COC[C@H](NC(=O)c1cnc(C)s1)C(=O)N[C@@H](COC)C(=O)N[C@@H](Cc1ccccc1)C(=O)C(C)(O)COS(=O)(=O)Cc1ccccc1. The fourth-order valence-corrected chi connectivity index (χ4v) is 6.24. The van der Waals surface area contributed by atoms with Crippen LogP contribution >= 0.6 is 11.3 Å². The Kier molecular flexibility index (Phi) is 14.3. The Hall–Kier alpha value is -4.06. The van der Waals surface area contributed by atoms with E-state index in [1.165, 1.54) is 20.4 Å². The summed E-state index contributed by atoms with van der Waals surface area (Å²) in [5.74, 6) is -3.57. The number of aliphatic hydroxyl groups is 1. The lowest BCUT2D eigenvalue weighted by molar-refractivity contribution is -0.143. The highest BCUT2D eigenvalue weighted by Gasteiger charge is 2.39. The zero-order valence-corrected chi connectivity index (χ0v) is 28.6. The summed E-state index contributed by atoms with van der Waals surface area (Å²) in [6, 6.07) is 12.9. The number of Topliss-reactive ketones (excluding diaryl/α,β-unsaturated/α-hetero) is 1. The molecule has 48 heavy (non-hydrogen) atoms. The molecule has 16 heteroatoms. The number of ether oxygens (including phenoxy) is 2. The van der Waals surface area contributed by atoms with Gasteiger partial charge in [-0.15, -0.1) is 11.3 Å². The van der Waals surface area contributed by atoms with Gasteiger partial charge in [0.2, 0.25) is 11.8 Å². The molecule has 4 N–H and O–H groups in total. The van der Waals surface area contributed by atoms with E-state index in [2.05, 4.69) is 20.9 Å². The van der Waals surface area contributed by atoms with Crippen LogP contribution in [0.15, 0.2) is 66.9 Å². The number of hydrogen-bond donors (Lipinski definition) is 4. The fraction of sp³-hybridized carbons (Fsp3) is 0.406. The number of aromatic nitrogens is 1. The van der Waals surface area contributed by atoms with Gasteiger partial charge in [-0.1, -0.05) is 60.7 Å². The second kappa shape index (κ2) is 17.9. The van der Waals surface area contributed by atoms with Crippen LogP contribution in [-0.2, 0) is 50.3 Å². The van der Waals surface area contributed by atoms with Crippen molar-refractivity contribution in [2.45, 2.75) is 49.7 Å². The van der Waals surface area contributed by atoms with Gasteiger partial charge in [-0.2, -0.15) is 8.42 Å². The molecule has 3 rings (SSSR count). The Morgan fingerprint density at radius 1 is 0.854 bits per heavy atom. The van der Waals surface area contributed by atoms with Crippen LogP contribution in [-0.4, -0.2) is 99.8 Å². The number of carbonyl (C=O) groups excluding carboxylic acids is 4. The molecule has 0 spiro atoms. The van der Waals surface area contributed by atoms with E-state index in [-0.39, 0.29) is 24.5 Å². The number of nitrogens with one attached hydrogen (secondary N) is 3. The molecule has 0 aliphatic heterocycles. The molecule has 260 valence electrons. The highest BCUT2D eigenvalue weighted by molar-refractivity contribution is 7.85. The predicted octanol–water partition coefficient (Wildman–Crippen LogP) is 0.922. The van der Waals surface area contributed by atoms with Crippen molar-refractivity contribution in [1.29, 1.82) is 0 Å². The number of nitrogens with zero attached hydrogens (tertiary/aromatic N) is 1. The van der Waals surface area contributed by atoms with Gasteiger partial charge in [0, 0.05) is 14.2 Å². The Bertz CT molecular complexity index is 1630. The van der Waals surface area contributed by atoms with Crippen molar-refractivity contribution >= 4 is 45.0 Å². The summed E-state index contributed by atoms with van der Waals surface area (Å²) in [5, 5.41) is 19.4. The number of carbonyl (C=O) groups is 4. The third-order valence-electron chi connectivity index (χ3n) is 6.92. The van der Waals surface area contributed by atoms with Crippen molar-refractivity contribution in [3.8, 4) is 0 Å². The minimum atomic E-state index is -4.19. The van der Waals surface area contributed by atoms with Crippen LogP contribution in [0.1, 0.15) is 32.7 Å². The van der Waals surface area contributed by atoms with Crippen molar-refractivity contribution in [2.75, 3.05) is 34.0 Å². The van der Waals surface area contributed by atoms with Crippen LogP contribution in [0.2, 0.25) is 0 Å². The van der Waals surface area contributed by atoms with Crippen molar-refractivity contribution in [3.63, 3.8) is 0 Å². The molecule has 1 heterocycles. The van der Waals surface area contributed by atoms with Crippen LogP contribution in [0.4, 0.5) is 0 Å². The molecule has 0 radical (unpaired) electrons. The second-order valence-electron chi connectivity index (χ2n) is 11.1. The van der Waals surface area contributed by atoms with Gasteiger partial charge in [0.15, 0.2) is 5.78 Å². The zero-order chi connectivity index (χ0) is 35.3. The summed E-state index contributed by atoms with van der Waals surface area (Å²) >= 11 is 1.14. The number of hydrogen-bond acceptors (Lipinski definition) is 12. The van der Waals surface area contributed by atoms with Gasteiger partial charge < -0.3 is 30.5 Å². The van der Waals surface area contributed by atoms with E-state index >= 15 is 0 Å². The van der Waals surface area contributed by atoms with E-state index in [0.717, 1.165) is 18.3 Å². The van der Waals surface area contributed by atoms with E-state index < -0.39 is 69.7 Å². The first-order valence-corrected chi connectivity index (χ1v) is 17.2. The van der Waals surface area contributed by atoms with Gasteiger partial charge in [0.25, 0.3) is 16.0 Å². The van der Waals surface area contributed by atoms with Gasteiger partial charge in [0.05, 0.1) is 30.5 Å². The number of amides is 3. The maximum Gasteiger partial charge on any atom is 0.271 e. The average molecular weight is 705 g/mol. The van der Waals surface area contributed by atoms with Gasteiger partial charge in [-0.05, 0) is 31.4 Å². The molecule has 14 nitrogen and oxygen atoms in total. The average Bonchev–Trinajstić information content (AvgIpc) is 3.50. The molecule has 1 unspecified atom stereocenters. The van der Waals surface area contributed by atoms with Gasteiger partial charge in [-0.3, -0.25) is 23.4 Å². The largest absolute Gasteiger partial charge is 0.382 e. The van der Waals surface area contributed by atoms with Crippen molar-refractivity contribution in [1.82, 2.24) is 20.9 Å². The smallest absolute Gasteiger partial charge is 0.271 e. The molecule has 0 bridgehead atoms. The number of rotatable bonds is 19. The van der Waals surface area contributed by atoms with E-state index in [1.54, 1.807) is 67.6 Å². The van der Waals surface area contributed by atoms with E-state index in [0.29, 0.717) is 16.1 Å². The normalized spacial score (nSPS) is 14.6. The van der Waals surface area contributed by atoms with Crippen LogP contribution in [0.25, 0.3) is 0 Å². The highest BCUT2D eigenvalue weighted by Crippen LogP contribution is 2.17. The molecule has 3 aromatic rings. The summed E-state index contributed by atoms with van der Waals surface area (Å²) in [4.78, 5) is 57.5. The lowest BCUT2D eigenvalue weighted by Gasteiger charge is -2.29. The minimum Gasteiger partial charge on any atom is -0.382 e. The first-order valence-electron chi connectivity index (χ1n) is 14.8. The third-order valence-corrected chi connectivity index (χ3v) is 8.99. The number of methoxy groups -OCH3 is 2. The summed E-state index contributed by atoms with van der Waals surface area (Å²) in [6.45, 7) is 1.38. The standard InChI is InChI=1S/C32H40N4O10S2/c1-21-33-16-27(47-21)31(40)36-26(18-45-4)30(39)35-25(17-44-3)29(38)34-24(15-22-11-7-5-8-12-22)28(37)32(2,41)20-46-48(42,43)19-23-13-9-6-10-14-23/h5-14,16,24-26,41H,15,17-20H2,1-4H3,(H,34,38)(H,35,39)(H,36,40)/t24-,25-,26-,32?/m0/s1. The molecule has 0 saturated heterocycles. The lowest BCUT2D eigenvalue weighted by Crippen LogP contribution is -2.60. The molecule has 4 atom stereocenters. The maximum atomic E-state index is 13.7. The first kappa shape index (κ1) is 38.4. The number of aryl methyl sites for hydroxylation is 1. The van der Waals surface area contributed by atoms with E-state index in [4.69, 9.17) is 13.7 Å². The van der Waals surface area contributed by atoms with Crippen LogP contribution in [0, 0.1) is 6.92 Å². The molecule has 2 aromatic carbocycles. The van der Waals surface area contributed by atoms with Crippen LogP contribution < -0.4 is 16.0 Å². The monoisotopic (exact) mass is 704 g/mol. The number of benzene rings is 2. The van der Waals surface area contributed by atoms with Crippen LogP contribution in [0.3, 0.4) is 0 Å². The topological polar surface area (TPSA) is 199 Å². The van der Waals surface area contributed by atoms with Crippen molar-refractivity contribution in [2.24, 2.45) is 0 Å². The van der Waals surface area contributed by atoms with E-state index in [9.17, 15) is 32.7 Å². The molecular formula is C32H40N4O10S2. The Morgan fingerprint density at radius 2 is 1.38 bits per heavy atom. The number of thiazole rings is 1. The molecular weight excluding hydrogens is 665 g/mol. The predicted molar refractivity (Wildman–Crippen MR) is 177 cm³/mol. The first-order chi connectivity index (χ1) is 22.7. The molecule has 1 aromatic heterocycles. The zero-order valence-electron chi connectivity index (χ0n) is 27.0. The summed E-state index contributed by atoms with van der Waals surface area (Å²) in [6.07, 6.45) is 1.30. The third kappa shape index (κ3) is 11.9. The minimum absolute atomic E-state index is 0.0808. The Morgan fingerprint density at radius 3 is 1.90 bits per heavy atom. The molecule has 0 aliphatic carbocycles. The summed E-state index contributed by atoms with van der Waals surface area (Å²) in [7, 11) is -1.55. The summed E-state index contributed by atoms with van der Waals surface area (Å²) < 4.78 is 40.5. The van der Waals surface area contributed by atoms with Crippen molar-refractivity contribution < 1.29 is 46.4 Å². The van der Waals surface area contributed by atoms with E-state index in [1.807, 2.05) is 0 Å². The molecule has 0 aliphatic rings. The van der Waals surface area contributed by atoms with Gasteiger partial charge in [0.1, 0.15) is 34.9 Å². The maximum absolute atomic E-state index is 13.7. The Labute approximate surface area is 283 Å². The van der Waals surface area contributed by atoms with Crippen LogP contribution in [0.5, 0.6) is 0 Å². The molecule has 3 amide bonds. The Balaban J connectivity index is 1.76. The number of ketones is 1. The fourth-order valence-electron chi connectivity index (χ4n) is 4.47. The quantitative estimate of drug-likeness (QED) is 0.129. The van der Waals surface area contributed by atoms with Crippen molar-refractivity contribution in [3.05, 3.63) is 87.9 Å². The van der Waals surface area contributed by atoms with Gasteiger partial charge in [-0.25, -0.2) is 4.98 Å². The molecule has 0 saturated carbocycles. The molecule has 0 fully saturated rings. The highest BCUT2D eigenvalue weighted by atomic mass is 32.2. The second-order valence-corrected chi connectivity index (χ2v) is 14.0.